The molecular formula is C9H20NO3. The van der Waals surface area contributed by atoms with E-state index in [9.17, 15) is 4.79 Å². The molecular weight excluding hydrogens is 170 g/mol. The van der Waals surface area contributed by atoms with E-state index in [0.717, 1.165) is 12.8 Å². The van der Waals surface area contributed by atoms with Gasteiger partial charge in [0, 0.05) is 6.42 Å². The first-order chi connectivity index (χ1) is 6.27. The summed E-state index contributed by atoms with van der Waals surface area (Å²) in [6.45, 7) is 2.18. The molecule has 0 fully saturated rings. The molecule has 4 nitrogen and oxygen atoms in total. The Bertz CT molecular complexity index is 107. The molecule has 0 aromatic rings. The Morgan fingerprint density at radius 2 is 1.54 bits per heavy atom. The molecule has 0 unspecified atom stereocenters. The minimum Gasteiger partial charge on any atom is -0.481 e. The van der Waals surface area contributed by atoms with Crippen LogP contribution in [0, 0.1) is 0 Å². The molecule has 1 radical (unpaired) electrons. The molecule has 0 saturated carbocycles. The molecule has 0 aliphatic rings. The van der Waals surface area contributed by atoms with Gasteiger partial charge in [-0.3, -0.25) is 4.79 Å². The molecule has 0 amide bonds. The van der Waals surface area contributed by atoms with Gasteiger partial charge >= 0.3 is 5.97 Å². The minimum absolute atomic E-state index is 0.339. The molecule has 0 aromatic heterocycles. The van der Waals surface area contributed by atoms with Crippen LogP contribution in [0.25, 0.3) is 0 Å². The third-order valence-electron chi connectivity index (χ3n) is 1.74. The SMILES string of the molecule is CCCCCCCCC(=O)O.N[O]. The molecule has 0 aliphatic heterocycles. The first-order valence-corrected chi connectivity index (χ1v) is 4.72. The molecule has 0 saturated heterocycles. The number of nitrogens with two attached hydrogens (primary N) is 1. The van der Waals surface area contributed by atoms with Gasteiger partial charge in [-0.2, -0.15) is 5.90 Å². The zero-order valence-corrected chi connectivity index (χ0v) is 8.29. The Morgan fingerprint density at radius 3 is 2.00 bits per heavy atom. The van der Waals surface area contributed by atoms with E-state index in [1.54, 1.807) is 0 Å². The molecule has 4 heteroatoms. The van der Waals surface area contributed by atoms with Crippen molar-refractivity contribution in [2.45, 2.75) is 51.9 Å². The molecule has 0 aromatic carbocycles. The van der Waals surface area contributed by atoms with E-state index >= 15 is 0 Å². The van der Waals surface area contributed by atoms with Crippen molar-refractivity contribution < 1.29 is 15.1 Å². The number of rotatable bonds is 7. The van der Waals surface area contributed by atoms with Gasteiger partial charge in [0.05, 0.1) is 0 Å². The lowest BCUT2D eigenvalue weighted by molar-refractivity contribution is -0.137. The predicted octanol–water partition coefficient (Wildman–Crippen LogP) is 2.11. The molecule has 0 spiro atoms. The molecule has 3 N–H and O–H groups in total. The van der Waals surface area contributed by atoms with Gasteiger partial charge in [0.1, 0.15) is 0 Å². The van der Waals surface area contributed by atoms with Crippen LogP contribution in [0.5, 0.6) is 0 Å². The van der Waals surface area contributed by atoms with Crippen LogP contribution in [0.2, 0.25) is 0 Å². The van der Waals surface area contributed by atoms with Gasteiger partial charge in [-0.05, 0) is 6.42 Å². The Kier molecular flexibility index (Phi) is 16.0. The highest BCUT2D eigenvalue weighted by Crippen LogP contribution is 2.06. The largest absolute Gasteiger partial charge is 0.481 e. The van der Waals surface area contributed by atoms with Crippen molar-refractivity contribution in [3.8, 4) is 0 Å². The maximum absolute atomic E-state index is 10.1. The quantitative estimate of drug-likeness (QED) is 0.476. The van der Waals surface area contributed by atoms with Crippen LogP contribution in [0.4, 0.5) is 0 Å². The Balaban J connectivity index is 0. The molecule has 0 heterocycles. The molecule has 13 heavy (non-hydrogen) atoms. The number of carboxylic acids is 1. The summed E-state index contributed by atoms with van der Waals surface area (Å²) in [5.41, 5.74) is 0. The van der Waals surface area contributed by atoms with Crippen LogP contribution in [0.1, 0.15) is 51.9 Å². The molecule has 0 atom stereocenters. The highest BCUT2D eigenvalue weighted by atomic mass is 16.4. The lowest BCUT2D eigenvalue weighted by atomic mass is 10.1. The third-order valence-corrected chi connectivity index (χ3v) is 1.74. The number of carboxylic acid groups (broad SMARTS) is 1. The zero-order chi connectivity index (χ0) is 10.5. The predicted molar refractivity (Wildman–Crippen MR) is 50.5 cm³/mol. The second kappa shape index (κ2) is 13.9. The van der Waals surface area contributed by atoms with Crippen LogP contribution in [0.15, 0.2) is 0 Å². The Labute approximate surface area is 79.7 Å². The van der Waals surface area contributed by atoms with Crippen molar-refractivity contribution in [3.05, 3.63) is 0 Å². The molecule has 79 valence electrons. The fraction of sp³-hybridized carbons (Fsp3) is 0.889. The van der Waals surface area contributed by atoms with Gasteiger partial charge in [-0.25, -0.2) is 0 Å². The van der Waals surface area contributed by atoms with Crippen molar-refractivity contribution in [2.75, 3.05) is 0 Å². The highest BCUT2D eigenvalue weighted by Gasteiger charge is 1.95. The standard InChI is InChI=1S/C9H18O2.H2NO/c1-2-3-4-5-6-7-8-9(10)11;1-2/h2-8H2,1H3,(H,10,11);1H2. The number of hydrogen-bond donors (Lipinski definition) is 2. The van der Waals surface area contributed by atoms with E-state index in [0.29, 0.717) is 6.42 Å². The molecule has 0 aliphatic carbocycles. The Hall–Kier alpha value is -0.610. The maximum atomic E-state index is 10.1. The van der Waals surface area contributed by atoms with E-state index in [4.69, 9.17) is 10.3 Å². The second-order valence-corrected chi connectivity index (χ2v) is 2.91. The van der Waals surface area contributed by atoms with Crippen LogP contribution in [0.3, 0.4) is 0 Å². The molecule has 0 rings (SSSR count). The summed E-state index contributed by atoms with van der Waals surface area (Å²) in [7, 11) is 0. The highest BCUT2D eigenvalue weighted by molar-refractivity contribution is 5.66. The van der Waals surface area contributed by atoms with Crippen molar-refractivity contribution in [3.63, 3.8) is 0 Å². The second-order valence-electron chi connectivity index (χ2n) is 2.91. The van der Waals surface area contributed by atoms with Crippen molar-refractivity contribution in [2.24, 2.45) is 5.90 Å². The summed E-state index contributed by atoms with van der Waals surface area (Å²) in [6, 6.07) is 0. The fourth-order valence-electron chi connectivity index (χ4n) is 1.06. The Morgan fingerprint density at radius 1 is 1.08 bits per heavy atom. The normalized spacial score (nSPS) is 8.85. The maximum Gasteiger partial charge on any atom is 0.303 e. The van der Waals surface area contributed by atoms with E-state index in [1.165, 1.54) is 25.7 Å². The smallest absolute Gasteiger partial charge is 0.303 e. The van der Waals surface area contributed by atoms with Crippen LogP contribution in [-0.4, -0.2) is 11.1 Å². The van der Waals surface area contributed by atoms with Crippen molar-refractivity contribution in [1.29, 1.82) is 0 Å². The summed E-state index contributed by atoms with van der Waals surface area (Å²) in [5, 5.41) is 16.1. The number of hydrogen-bond acceptors (Lipinski definition) is 2. The first-order valence-electron chi connectivity index (χ1n) is 4.72. The van der Waals surface area contributed by atoms with Gasteiger partial charge in [0.25, 0.3) is 0 Å². The van der Waals surface area contributed by atoms with E-state index in [-0.39, 0.29) is 0 Å². The van der Waals surface area contributed by atoms with Crippen LogP contribution >= 0.6 is 0 Å². The van der Waals surface area contributed by atoms with Gasteiger partial charge < -0.3 is 5.11 Å². The average Bonchev–Trinajstić information content (AvgIpc) is 2.14. The molecule has 0 bridgehead atoms. The summed E-state index contributed by atoms with van der Waals surface area (Å²) in [6.07, 6.45) is 7.25. The first kappa shape index (κ1) is 14.9. The summed E-state index contributed by atoms with van der Waals surface area (Å²) >= 11 is 0. The van der Waals surface area contributed by atoms with Gasteiger partial charge in [0.2, 0.25) is 0 Å². The summed E-state index contributed by atoms with van der Waals surface area (Å²) in [5.74, 6) is 2.58. The van der Waals surface area contributed by atoms with Crippen LogP contribution in [-0.2, 0) is 10.0 Å². The number of aliphatic carboxylic acids is 1. The fourth-order valence-corrected chi connectivity index (χ4v) is 1.06. The summed E-state index contributed by atoms with van der Waals surface area (Å²) < 4.78 is 0. The zero-order valence-electron chi connectivity index (χ0n) is 8.29. The van der Waals surface area contributed by atoms with E-state index < -0.39 is 5.97 Å². The minimum atomic E-state index is -0.666. The lowest BCUT2D eigenvalue weighted by Crippen LogP contribution is -1.93. The monoisotopic (exact) mass is 190 g/mol. The van der Waals surface area contributed by atoms with Crippen LogP contribution < -0.4 is 5.90 Å². The number of unbranched alkanes of at least 4 members (excludes halogenated alkanes) is 5. The van der Waals surface area contributed by atoms with Gasteiger partial charge in [0.15, 0.2) is 0 Å². The lowest BCUT2D eigenvalue weighted by Gasteiger charge is -1.97. The number of carbonyl (C=O) groups is 1. The van der Waals surface area contributed by atoms with Gasteiger partial charge in [-0.1, -0.05) is 39.0 Å². The van der Waals surface area contributed by atoms with E-state index in [2.05, 4.69) is 12.8 Å². The van der Waals surface area contributed by atoms with Crippen molar-refractivity contribution in [1.82, 2.24) is 0 Å². The average molecular weight is 190 g/mol. The van der Waals surface area contributed by atoms with E-state index in [1.807, 2.05) is 0 Å². The third kappa shape index (κ3) is 18.4. The van der Waals surface area contributed by atoms with Gasteiger partial charge in [-0.15, -0.1) is 5.21 Å². The van der Waals surface area contributed by atoms with Crippen molar-refractivity contribution >= 4 is 5.97 Å². The summed E-state index contributed by atoms with van der Waals surface area (Å²) in [4.78, 5) is 10.1. The topological polar surface area (TPSA) is 83.2 Å².